The van der Waals surface area contributed by atoms with Crippen molar-refractivity contribution in [3.63, 3.8) is 0 Å². The predicted molar refractivity (Wildman–Crippen MR) is 90.5 cm³/mol. The van der Waals surface area contributed by atoms with E-state index in [-0.39, 0.29) is 0 Å². The molecule has 4 rings (SSSR count). The van der Waals surface area contributed by atoms with Gasteiger partial charge in [0.1, 0.15) is 16.5 Å². The number of fused-ring (bicyclic) bond motifs is 1. The van der Waals surface area contributed by atoms with Crippen LogP contribution < -0.4 is 9.47 Å². The van der Waals surface area contributed by atoms with Crippen molar-refractivity contribution in [3.8, 4) is 32.8 Å². The smallest absolute Gasteiger partial charge is 0.235 e. The minimum atomic E-state index is 0.726. The minimum Gasteiger partial charge on any atom is -0.497 e. The van der Waals surface area contributed by atoms with Gasteiger partial charge in [-0.2, -0.15) is 9.61 Å². The van der Waals surface area contributed by atoms with Gasteiger partial charge < -0.3 is 9.47 Å². The maximum absolute atomic E-state index is 5.32. The zero-order valence-corrected chi connectivity index (χ0v) is 14.0. The van der Waals surface area contributed by atoms with Crippen LogP contribution in [0.5, 0.6) is 11.5 Å². The number of benzene rings is 1. The van der Waals surface area contributed by atoms with E-state index in [4.69, 9.17) is 9.47 Å². The SMILES string of the molecule is COc1cc(OC)cc(-c2nn3c(-c4cccs4)nnc3s2)c1. The van der Waals surface area contributed by atoms with Gasteiger partial charge in [-0.1, -0.05) is 17.4 Å². The first kappa shape index (κ1) is 14.2. The topological polar surface area (TPSA) is 61.5 Å². The Morgan fingerprint density at radius 1 is 1.04 bits per heavy atom. The summed E-state index contributed by atoms with van der Waals surface area (Å²) >= 11 is 3.09. The molecule has 8 heteroatoms. The van der Waals surface area contributed by atoms with Crippen LogP contribution in [-0.2, 0) is 0 Å². The van der Waals surface area contributed by atoms with Crippen LogP contribution in [0.25, 0.3) is 26.2 Å². The van der Waals surface area contributed by atoms with E-state index in [2.05, 4.69) is 15.3 Å². The Balaban J connectivity index is 1.84. The molecule has 116 valence electrons. The molecule has 0 fully saturated rings. The van der Waals surface area contributed by atoms with E-state index in [0.717, 1.165) is 37.7 Å². The Morgan fingerprint density at radius 2 is 1.83 bits per heavy atom. The standard InChI is InChI=1S/C15H12N4O2S2/c1-20-10-6-9(7-11(8-10)21-2)14-18-19-13(12-4-3-5-22-12)16-17-15(19)23-14/h3-8H,1-2H3. The lowest BCUT2D eigenvalue weighted by Gasteiger charge is -2.06. The molecule has 4 aromatic rings. The summed E-state index contributed by atoms with van der Waals surface area (Å²) in [5.41, 5.74) is 0.925. The highest BCUT2D eigenvalue weighted by atomic mass is 32.1. The summed E-state index contributed by atoms with van der Waals surface area (Å²) in [5, 5.41) is 15.9. The number of aromatic nitrogens is 4. The van der Waals surface area contributed by atoms with Crippen LogP contribution >= 0.6 is 22.7 Å². The van der Waals surface area contributed by atoms with E-state index in [1.807, 2.05) is 35.7 Å². The van der Waals surface area contributed by atoms with Crippen molar-refractivity contribution in [1.29, 1.82) is 0 Å². The minimum absolute atomic E-state index is 0.726. The number of thiophene rings is 1. The predicted octanol–water partition coefficient (Wildman–Crippen LogP) is 3.60. The lowest BCUT2D eigenvalue weighted by molar-refractivity contribution is 0.394. The van der Waals surface area contributed by atoms with Gasteiger partial charge in [0.15, 0.2) is 5.82 Å². The van der Waals surface area contributed by atoms with Gasteiger partial charge in [0.05, 0.1) is 19.1 Å². The molecule has 1 aromatic carbocycles. The molecule has 23 heavy (non-hydrogen) atoms. The molecule has 0 spiro atoms. The average Bonchev–Trinajstić information content (AvgIpc) is 3.30. The number of rotatable bonds is 4. The van der Waals surface area contributed by atoms with E-state index in [1.54, 1.807) is 30.1 Å². The van der Waals surface area contributed by atoms with Crippen molar-refractivity contribution in [2.45, 2.75) is 0 Å². The number of ether oxygens (including phenoxy) is 2. The van der Waals surface area contributed by atoms with Gasteiger partial charge in [-0.3, -0.25) is 0 Å². The molecule has 0 aliphatic heterocycles. The quantitative estimate of drug-likeness (QED) is 0.566. The molecule has 0 amide bonds. The molecule has 0 radical (unpaired) electrons. The number of methoxy groups -OCH3 is 2. The van der Waals surface area contributed by atoms with Gasteiger partial charge in [0.25, 0.3) is 0 Å². The summed E-state index contributed by atoms with van der Waals surface area (Å²) in [4.78, 5) is 1.79. The van der Waals surface area contributed by atoms with Gasteiger partial charge in [-0.25, -0.2) is 0 Å². The fraction of sp³-hybridized carbons (Fsp3) is 0.133. The van der Waals surface area contributed by atoms with Crippen molar-refractivity contribution >= 4 is 27.6 Å². The first-order valence-corrected chi connectivity index (χ1v) is 8.47. The Hall–Kier alpha value is -2.45. The maximum atomic E-state index is 5.32. The third-order valence-corrected chi connectivity index (χ3v) is 5.14. The molecule has 0 aliphatic rings. The van der Waals surface area contributed by atoms with Crippen LogP contribution in [0.4, 0.5) is 0 Å². The van der Waals surface area contributed by atoms with Gasteiger partial charge >= 0.3 is 0 Å². The molecule has 0 bridgehead atoms. The highest BCUT2D eigenvalue weighted by Gasteiger charge is 2.16. The zero-order chi connectivity index (χ0) is 15.8. The lowest BCUT2D eigenvalue weighted by Crippen LogP contribution is -1.91. The molecule has 0 aliphatic carbocycles. The summed E-state index contributed by atoms with van der Waals surface area (Å²) < 4.78 is 12.4. The molecular weight excluding hydrogens is 332 g/mol. The molecule has 0 N–H and O–H groups in total. The van der Waals surface area contributed by atoms with Crippen LogP contribution in [-0.4, -0.2) is 34.0 Å². The summed E-state index contributed by atoms with van der Waals surface area (Å²) in [6, 6.07) is 9.69. The fourth-order valence-electron chi connectivity index (χ4n) is 2.22. The van der Waals surface area contributed by atoms with E-state index < -0.39 is 0 Å². The summed E-state index contributed by atoms with van der Waals surface area (Å²) in [7, 11) is 3.26. The van der Waals surface area contributed by atoms with Crippen molar-refractivity contribution in [2.75, 3.05) is 14.2 Å². The molecule has 0 saturated carbocycles. The fourth-order valence-corrected chi connectivity index (χ4v) is 3.74. The molecule has 0 atom stereocenters. The molecule has 3 heterocycles. The number of nitrogens with zero attached hydrogens (tertiary/aromatic N) is 4. The normalized spacial score (nSPS) is 11.0. The van der Waals surface area contributed by atoms with Gasteiger partial charge in [-0.05, 0) is 23.6 Å². The highest BCUT2D eigenvalue weighted by Crippen LogP contribution is 2.33. The van der Waals surface area contributed by atoms with Crippen molar-refractivity contribution < 1.29 is 9.47 Å². The van der Waals surface area contributed by atoms with Gasteiger partial charge in [0, 0.05) is 11.6 Å². The summed E-state index contributed by atoms with van der Waals surface area (Å²) in [6.07, 6.45) is 0. The Bertz CT molecular complexity index is 937. The molecule has 3 aromatic heterocycles. The highest BCUT2D eigenvalue weighted by molar-refractivity contribution is 7.19. The second-order valence-corrected chi connectivity index (χ2v) is 6.61. The molecule has 0 unspecified atom stereocenters. The van der Waals surface area contributed by atoms with E-state index in [0.29, 0.717) is 0 Å². The average molecular weight is 344 g/mol. The summed E-state index contributed by atoms with van der Waals surface area (Å²) in [6.45, 7) is 0. The van der Waals surface area contributed by atoms with Crippen LogP contribution in [0.2, 0.25) is 0 Å². The van der Waals surface area contributed by atoms with Crippen molar-refractivity contribution in [1.82, 2.24) is 19.8 Å². The largest absolute Gasteiger partial charge is 0.497 e. The molecule has 6 nitrogen and oxygen atoms in total. The van der Waals surface area contributed by atoms with Gasteiger partial charge in [0.2, 0.25) is 4.96 Å². The van der Waals surface area contributed by atoms with Crippen LogP contribution in [0.1, 0.15) is 0 Å². The lowest BCUT2D eigenvalue weighted by atomic mass is 10.2. The summed E-state index contributed by atoms with van der Waals surface area (Å²) in [5.74, 6) is 2.21. The van der Waals surface area contributed by atoms with Crippen LogP contribution in [0.15, 0.2) is 35.7 Å². The number of hydrogen-bond donors (Lipinski definition) is 0. The maximum Gasteiger partial charge on any atom is 0.235 e. The van der Waals surface area contributed by atoms with Crippen molar-refractivity contribution in [2.24, 2.45) is 0 Å². The Morgan fingerprint density at radius 3 is 2.48 bits per heavy atom. The van der Waals surface area contributed by atoms with Crippen LogP contribution in [0, 0.1) is 0 Å². The molecule has 0 saturated heterocycles. The third kappa shape index (κ3) is 2.45. The number of hydrogen-bond acceptors (Lipinski definition) is 7. The monoisotopic (exact) mass is 344 g/mol. The molecular formula is C15H12N4O2S2. The second-order valence-electron chi connectivity index (χ2n) is 4.70. The van der Waals surface area contributed by atoms with E-state index >= 15 is 0 Å². The first-order chi connectivity index (χ1) is 11.3. The Labute approximate surface area is 139 Å². The second kappa shape index (κ2) is 5.64. The van der Waals surface area contributed by atoms with Crippen molar-refractivity contribution in [3.05, 3.63) is 35.7 Å². The van der Waals surface area contributed by atoms with E-state index in [1.165, 1.54) is 11.3 Å². The first-order valence-electron chi connectivity index (χ1n) is 6.78. The van der Waals surface area contributed by atoms with Crippen LogP contribution in [0.3, 0.4) is 0 Å². The Kier molecular flexibility index (Phi) is 3.47. The van der Waals surface area contributed by atoms with E-state index in [9.17, 15) is 0 Å². The van der Waals surface area contributed by atoms with Gasteiger partial charge in [-0.15, -0.1) is 21.5 Å². The zero-order valence-electron chi connectivity index (χ0n) is 12.4. The third-order valence-electron chi connectivity index (χ3n) is 3.33.